The first-order valence-corrected chi connectivity index (χ1v) is 10.1. The molecule has 1 saturated heterocycles. The second-order valence-electron chi connectivity index (χ2n) is 7.71. The van der Waals surface area contributed by atoms with Crippen LogP contribution in [0.2, 0.25) is 0 Å². The molecular weight excluding hydrogens is 360 g/mol. The quantitative estimate of drug-likeness (QED) is 0.613. The Labute approximate surface area is 173 Å². The van der Waals surface area contributed by atoms with Crippen molar-refractivity contribution in [1.82, 2.24) is 4.90 Å². The SMILES string of the molecule is Cc1cccc(N2CCN(/C=C(/C#N)C(=O)Nc3ccccc3C(C)C)CC2)c1. The molecule has 3 rings (SSSR count). The van der Waals surface area contributed by atoms with Crippen LogP contribution in [0.25, 0.3) is 0 Å². The molecule has 29 heavy (non-hydrogen) atoms. The van der Waals surface area contributed by atoms with Crippen LogP contribution in [0.4, 0.5) is 11.4 Å². The fraction of sp³-hybridized carbons (Fsp3) is 0.333. The van der Waals surface area contributed by atoms with Crippen LogP contribution in [0.5, 0.6) is 0 Å². The van der Waals surface area contributed by atoms with Gasteiger partial charge in [0, 0.05) is 43.8 Å². The largest absolute Gasteiger partial charge is 0.373 e. The Morgan fingerprint density at radius 1 is 1.10 bits per heavy atom. The number of hydrogen-bond acceptors (Lipinski definition) is 4. The Morgan fingerprint density at radius 3 is 2.48 bits per heavy atom. The number of carbonyl (C=O) groups is 1. The molecule has 5 heteroatoms. The minimum Gasteiger partial charge on any atom is -0.373 e. The third-order valence-electron chi connectivity index (χ3n) is 5.19. The van der Waals surface area contributed by atoms with Gasteiger partial charge in [-0.25, -0.2) is 0 Å². The zero-order valence-corrected chi connectivity index (χ0v) is 17.4. The van der Waals surface area contributed by atoms with E-state index >= 15 is 0 Å². The number of para-hydroxylation sites is 1. The van der Waals surface area contributed by atoms with Crippen molar-refractivity contribution in [3.63, 3.8) is 0 Å². The summed E-state index contributed by atoms with van der Waals surface area (Å²) in [7, 11) is 0. The van der Waals surface area contributed by atoms with E-state index in [0.29, 0.717) is 0 Å². The standard InChI is InChI=1S/C24H28N4O/c1-18(2)22-9-4-5-10-23(22)26-24(29)20(16-25)17-27-11-13-28(14-12-27)21-8-6-7-19(3)15-21/h4-10,15,17-18H,11-14H2,1-3H3,(H,26,29)/b20-17-. The van der Waals surface area contributed by atoms with E-state index in [1.807, 2.05) is 24.3 Å². The Morgan fingerprint density at radius 2 is 1.83 bits per heavy atom. The van der Waals surface area contributed by atoms with Gasteiger partial charge in [-0.05, 0) is 42.2 Å². The lowest BCUT2D eigenvalue weighted by Gasteiger charge is -2.35. The number of nitrogens with one attached hydrogen (secondary N) is 1. The van der Waals surface area contributed by atoms with Gasteiger partial charge in [0.2, 0.25) is 0 Å². The summed E-state index contributed by atoms with van der Waals surface area (Å²) in [6.45, 7) is 9.52. The lowest BCUT2D eigenvalue weighted by atomic mass is 10.0. The molecule has 0 aliphatic carbocycles. The minimum atomic E-state index is -0.360. The van der Waals surface area contributed by atoms with Gasteiger partial charge < -0.3 is 15.1 Å². The fourth-order valence-corrected chi connectivity index (χ4v) is 3.56. The molecule has 2 aromatic carbocycles. The molecule has 1 amide bonds. The van der Waals surface area contributed by atoms with Gasteiger partial charge in [-0.2, -0.15) is 5.26 Å². The summed E-state index contributed by atoms with van der Waals surface area (Å²) in [5, 5.41) is 12.4. The van der Waals surface area contributed by atoms with Crippen molar-refractivity contribution in [1.29, 1.82) is 5.26 Å². The number of rotatable bonds is 5. The van der Waals surface area contributed by atoms with E-state index in [4.69, 9.17) is 0 Å². The summed E-state index contributed by atoms with van der Waals surface area (Å²) in [5.41, 5.74) is 4.42. The molecule has 0 spiro atoms. The molecule has 1 fully saturated rings. The molecule has 1 N–H and O–H groups in total. The summed E-state index contributed by atoms with van der Waals surface area (Å²) in [4.78, 5) is 17.1. The molecule has 1 aliphatic heterocycles. The van der Waals surface area contributed by atoms with Crippen molar-refractivity contribution in [3.8, 4) is 6.07 Å². The number of hydrogen-bond donors (Lipinski definition) is 1. The van der Waals surface area contributed by atoms with Gasteiger partial charge in [0.15, 0.2) is 0 Å². The van der Waals surface area contributed by atoms with Crippen LogP contribution in [0.3, 0.4) is 0 Å². The summed E-state index contributed by atoms with van der Waals surface area (Å²) in [6, 6.07) is 18.3. The third-order valence-corrected chi connectivity index (χ3v) is 5.19. The molecule has 0 radical (unpaired) electrons. The lowest BCUT2D eigenvalue weighted by Crippen LogP contribution is -2.44. The number of carbonyl (C=O) groups excluding carboxylic acids is 1. The van der Waals surface area contributed by atoms with Gasteiger partial charge in [-0.3, -0.25) is 4.79 Å². The molecular formula is C24H28N4O. The van der Waals surface area contributed by atoms with Gasteiger partial charge in [-0.1, -0.05) is 44.2 Å². The van der Waals surface area contributed by atoms with Crippen molar-refractivity contribution < 1.29 is 4.79 Å². The topological polar surface area (TPSA) is 59.4 Å². The molecule has 150 valence electrons. The van der Waals surface area contributed by atoms with Crippen molar-refractivity contribution in [3.05, 3.63) is 71.4 Å². The predicted molar refractivity (Wildman–Crippen MR) is 118 cm³/mol. The van der Waals surface area contributed by atoms with Crippen molar-refractivity contribution >= 4 is 17.3 Å². The summed E-state index contributed by atoms with van der Waals surface area (Å²) in [5.74, 6) is -0.0718. The van der Waals surface area contributed by atoms with E-state index in [1.165, 1.54) is 11.3 Å². The molecule has 0 unspecified atom stereocenters. The Kier molecular flexibility index (Phi) is 6.56. The number of piperazine rings is 1. The summed E-state index contributed by atoms with van der Waals surface area (Å²) >= 11 is 0. The van der Waals surface area contributed by atoms with Gasteiger partial charge in [-0.15, -0.1) is 0 Å². The highest BCUT2D eigenvalue weighted by Crippen LogP contribution is 2.24. The first-order valence-electron chi connectivity index (χ1n) is 10.1. The van der Waals surface area contributed by atoms with Gasteiger partial charge in [0.1, 0.15) is 11.6 Å². The maximum atomic E-state index is 12.7. The van der Waals surface area contributed by atoms with E-state index in [-0.39, 0.29) is 17.4 Å². The van der Waals surface area contributed by atoms with Gasteiger partial charge >= 0.3 is 0 Å². The highest BCUT2D eigenvalue weighted by molar-refractivity contribution is 6.06. The van der Waals surface area contributed by atoms with Crippen LogP contribution in [0.15, 0.2) is 60.3 Å². The average Bonchev–Trinajstić information content (AvgIpc) is 2.72. The van der Waals surface area contributed by atoms with Crippen LogP contribution in [0.1, 0.15) is 30.9 Å². The van der Waals surface area contributed by atoms with E-state index in [2.05, 4.69) is 66.2 Å². The maximum Gasteiger partial charge on any atom is 0.267 e. The molecule has 5 nitrogen and oxygen atoms in total. The first kappa shape index (κ1) is 20.5. The second-order valence-corrected chi connectivity index (χ2v) is 7.71. The third kappa shape index (κ3) is 5.17. The van der Waals surface area contributed by atoms with E-state index < -0.39 is 0 Å². The fourth-order valence-electron chi connectivity index (χ4n) is 3.56. The highest BCUT2D eigenvalue weighted by Gasteiger charge is 2.18. The maximum absolute atomic E-state index is 12.7. The second kappa shape index (κ2) is 9.29. The van der Waals surface area contributed by atoms with Crippen LogP contribution >= 0.6 is 0 Å². The average molecular weight is 389 g/mol. The highest BCUT2D eigenvalue weighted by atomic mass is 16.1. The van der Waals surface area contributed by atoms with Gasteiger partial charge in [0.05, 0.1) is 0 Å². The van der Waals surface area contributed by atoms with Crippen LogP contribution < -0.4 is 10.2 Å². The predicted octanol–water partition coefficient (Wildman–Crippen LogP) is 4.29. The number of nitriles is 1. The molecule has 0 bridgehead atoms. The number of amides is 1. The molecule has 0 atom stereocenters. The van der Waals surface area contributed by atoms with E-state index in [1.54, 1.807) is 6.20 Å². The molecule has 0 saturated carbocycles. The van der Waals surface area contributed by atoms with E-state index in [9.17, 15) is 10.1 Å². The molecule has 1 heterocycles. The first-order chi connectivity index (χ1) is 14.0. The Balaban J connectivity index is 1.65. The van der Waals surface area contributed by atoms with Crippen LogP contribution in [-0.2, 0) is 4.79 Å². The smallest absolute Gasteiger partial charge is 0.267 e. The minimum absolute atomic E-state index is 0.132. The number of aryl methyl sites for hydroxylation is 1. The van der Waals surface area contributed by atoms with Crippen LogP contribution in [0, 0.1) is 18.3 Å². The Hall–Kier alpha value is -3.26. The molecule has 1 aliphatic rings. The Bertz CT molecular complexity index is 934. The summed E-state index contributed by atoms with van der Waals surface area (Å²) < 4.78 is 0. The van der Waals surface area contributed by atoms with Crippen molar-refractivity contribution in [2.45, 2.75) is 26.7 Å². The normalized spacial score (nSPS) is 14.7. The van der Waals surface area contributed by atoms with Crippen molar-refractivity contribution in [2.75, 3.05) is 36.4 Å². The van der Waals surface area contributed by atoms with E-state index in [0.717, 1.165) is 37.4 Å². The number of benzene rings is 2. The van der Waals surface area contributed by atoms with Crippen LogP contribution in [-0.4, -0.2) is 37.0 Å². The number of anilines is 2. The van der Waals surface area contributed by atoms with Gasteiger partial charge in [0.25, 0.3) is 5.91 Å². The lowest BCUT2D eigenvalue weighted by molar-refractivity contribution is -0.112. The monoisotopic (exact) mass is 388 g/mol. The summed E-state index contributed by atoms with van der Waals surface area (Å²) in [6.07, 6.45) is 1.70. The number of nitrogens with zero attached hydrogens (tertiary/aromatic N) is 3. The van der Waals surface area contributed by atoms with Crippen molar-refractivity contribution in [2.24, 2.45) is 0 Å². The molecule has 2 aromatic rings. The zero-order chi connectivity index (χ0) is 20.8. The zero-order valence-electron chi connectivity index (χ0n) is 17.4. The molecule has 0 aromatic heterocycles.